The van der Waals surface area contributed by atoms with Gasteiger partial charge in [0.25, 0.3) is 0 Å². The van der Waals surface area contributed by atoms with Gasteiger partial charge in [-0.3, -0.25) is 0 Å². The van der Waals surface area contributed by atoms with Gasteiger partial charge in [0.2, 0.25) is 0 Å². The molecule has 1 unspecified atom stereocenters. The first-order valence-corrected chi connectivity index (χ1v) is 7.40. The number of rotatable bonds is 6. The highest BCUT2D eigenvalue weighted by Crippen LogP contribution is 2.18. The minimum absolute atomic E-state index is 0.160. The van der Waals surface area contributed by atoms with E-state index in [0.717, 1.165) is 25.7 Å². The van der Waals surface area contributed by atoms with E-state index in [9.17, 15) is 10.2 Å². The number of hydrogen-bond acceptors (Lipinski definition) is 5. The van der Waals surface area contributed by atoms with Crippen LogP contribution in [0.3, 0.4) is 0 Å². The molecular formula is C16H22N2O3. The average molecular weight is 290 g/mol. The molecule has 5 heteroatoms. The van der Waals surface area contributed by atoms with Gasteiger partial charge in [0.05, 0.1) is 17.7 Å². The molecule has 0 heterocycles. The zero-order valence-corrected chi connectivity index (χ0v) is 12.0. The van der Waals surface area contributed by atoms with Crippen molar-refractivity contribution in [1.82, 2.24) is 5.32 Å². The Labute approximate surface area is 125 Å². The average Bonchev–Trinajstić information content (AvgIpc) is 2.53. The molecule has 1 atom stereocenters. The van der Waals surface area contributed by atoms with Crippen molar-refractivity contribution in [2.75, 3.05) is 13.2 Å². The zero-order valence-electron chi connectivity index (χ0n) is 12.0. The van der Waals surface area contributed by atoms with Crippen LogP contribution in [0.2, 0.25) is 0 Å². The summed E-state index contributed by atoms with van der Waals surface area (Å²) in [4.78, 5) is 0. The van der Waals surface area contributed by atoms with Crippen LogP contribution in [-0.4, -0.2) is 41.6 Å². The molecule has 0 aromatic heterocycles. The summed E-state index contributed by atoms with van der Waals surface area (Å²) in [7, 11) is 0. The van der Waals surface area contributed by atoms with Crippen molar-refractivity contribution < 1.29 is 14.9 Å². The molecule has 21 heavy (non-hydrogen) atoms. The summed E-state index contributed by atoms with van der Waals surface area (Å²) in [6.45, 7) is 0.700. The third-order valence-electron chi connectivity index (χ3n) is 3.76. The van der Waals surface area contributed by atoms with Gasteiger partial charge in [0, 0.05) is 12.6 Å². The number of nitrogens with zero attached hydrogens (tertiary/aromatic N) is 1. The molecule has 0 saturated heterocycles. The minimum atomic E-state index is -0.576. The molecule has 0 radical (unpaired) electrons. The number of benzene rings is 1. The number of hydrogen-bond donors (Lipinski definition) is 3. The van der Waals surface area contributed by atoms with E-state index in [1.807, 2.05) is 6.07 Å². The maximum atomic E-state index is 9.90. The number of nitrogens with one attached hydrogen (secondary N) is 1. The van der Waals surface area contributed by atoms with Crippen molar-refractivity contribution in [2.24, 2.45) is 0 Å². The largest absolute Gasteiger partial charge is 0.491 e. The van der Waals surface area contributed by atoms with E-state index in [2.05, 4.69) is 5.32 Å². The van der Waals surface area contributed by atoms with Gasteiger partial charge in [-0.2, -0.15) is 5.26 Å². The SMILES string of the molecule is N#Cc1ccc(OCC(O)CNC2CCC(O)CC2)cc1. The number of ether oxygens (including phenoxy) is 1. The van der Waals surface area contributed by atoms with Gasteiger partial charge in [0.15, 0.2) is 0 Å². The summed E-state index contributed by atoms with van der Waals surface area (Å²) < 4.78 is 5.48. The van der Waals surface area contributed by atoms with E-state index < -0.39 is 6.10 Å². The fourth-order valence-electron chi connectivity index (χ4n) is 2.46. The fraction of sp³-hybridized carbons (Fsp3) is 0.562. The maximum Gasteiger partial charge on any atom is 0.119 e. The highest BCUT2D eigenvalue weighted by molar-refractivity contribution is 5.34. The van der Waals surface area contributed by atoms with Crippen LogP contribution in [0.25, 0.3) is 0 Å². The molecule has 1 aromatic rings. The standard InChI is InChI=1S/C16H22N2O3/c17-9-12-1-7-16(8-2-12)21-11-15(20)10-18-13-3-5-14(19)6-4-13/h1-2,7-8,13-15,18-20H,3-6,10-11H2. The first kappa shape index (κ1) is 15.8. The van der Waals surface area contributed by atoms with Gasteiger partial charge < -0.3 is 20.3 Å². The summed E-state index contributed by atoms with van der Waals surface area (Å²) in [6.07, 6.45) is 2.82. The lowest BCUT2D eigenvalue weighted by atomic mass is 9.93. The van der Waals surface area contributed by atoms with Crippen molar-refractivity contribution in [3.05, 3.63) is 29.8 Å². The van der Waals surface area contributed by atoms with Crippen LogP contribution in [0.1, 0.15) is 31.2 Å². The number of nitriles is 1. The van der Waals surface area contributed by atoms with E-state index in [1.54, 1.807) is 24.3 Å². The van der Waals surface area contributed by atoms with E-state index in [-0.39, 0.29) is 12.7 Å². The van der Waals surface area contributed by atoms with Gasteiger partial charge in [-0.15, -0.1) is 0 Å². The Bertz CT molecular complexity index is 461. The van der Waals surface area contributed by atoms with Crippen molar-refractivity contribution in [3.8, 4) is 11.8 Å². The predicted molar refractivity (Wildman–Crippen MR) is 78.9 cm³/mol. The normalized spacial score (nSPS) is 23.3. The summed E-state index contributed by atoms with van der Waals surface area (Å²) in [5.41, 5.74) is 0.587. The van der Waals surface area contributed by atoms with Crippen molar-refractivity contribution in [2.45, 2.75) is 43.9 Å². The Balaban J connectivity index is 1.65. The summed E-state index contributed by atoms with van der Waals surface area (Å²) in [6, 6.07) is 9.24. The molecule has 114 valence electrons. The van der Waals surface area contributed by atoms with Gasteiger partial charge in [-0.05, 0) is 49.9 Å². The van der Waals surface area contributed by atoms with E-state index in [0.29, 0.717) is 23.9 Å². The molecule has 3 N–H and O–H groups in total. The molecule has 1 aliphatic carbocycles. The van der Waals surface area contributed by atoms with Gasteiger partial charge in [0.1, 0.15) is 18.5 Å². The van der Waals surface area contributed by atoms with E-state index in [4.69, 9.17) is 10.00 Å². The van der Waals surface area contributed by atoms with Crippen LogP contribution in [-0.2, 0) is 0 Å². The van der Waals surface area contributed by atoms with Crippen molar-refractivity contribution in [3.63, 3.8) is 0 Å². The summed E-state index contributed by atoms with van der Waals surface area (Å²) in [5.74, 6) is 0.647. The van der Waals surface area contributed by atoms with Crippen LogP contribution in [0.4, 0.5) is 0 Å². The minimum Gasteiger partial charge on any atom is -0.491 e. The van der Waals surface area contributed by atoms with Gasteiger partial charge in [-0.1, -0.05) is 0 Å². The lowest BCUT2D eigenvalue weighted by molar-refractivity contribution is 0.0901. The molecule has 0 bridgehead atoms. The van der Waals surface area contributed by atoms with Crippen molar-refractivity contribution in [1.29, 1.82) is 5.26 Å². The van der Waals surface area contributed by atoms with E-state index in [1.165, 1.54) is 0 Å². The second kappa shape index (κ2) is 7.99. The molecule has 0 amide bonds. The van der Waals surface area contributed by atoms with Crippen molar-refractivity contribution >= 4 is 0 Å². The van der Waals surface area contributed by atoms with Gasteiger partial charge >= 0.3 is 0 Å². The Morgan fingerprint density at radius 3 is 2.52 bits per heavy atom. The molecule has 5 nitrogen and oxygen atoms in total. The third kappa shape index (κ3) is 5.35. The number of aliphatic hydroxyl groups excluding tert-OH is 2. The Morgan fingerprint density at radius 1 is 1.24 bits per heavy atom. The molecule has 1 aliphatic rings. The third-order valence-corrected chi connectivity index (χ3v) is 3.76. The maximum absolute atomic E-state index is 9.90. The first-order valence-electron chi connectivity index (χ1n) is 7.40. The van der Waals surface area contributed by atoms with Gasteiger partial charge in [-0.25, -0.2) is 0 Å². The highest BCUT2D eigenvalue weighted by Gasteiger charge is 2.19. The summed E-state index contributed by atoms with van der Waals surface area (Å²) in [5, 5.41) is 31.4. The number of aliphatic hydroxyl groups is 2. The molecule has 1 aromatic carbocycles. The second-order valence-electron chi connectivity index (χ2n) is 5.51. The Hall–Kier alpha value is -1.61. The molecule has 0 aliphatic heterocycles. The van der Waals surface area contributed by atoms with Crippen LogP contribution in [0.15, 0.2) is 24.3 Å². The monoisotopic (exact) mass is 290 g/mol. The quantitative estimate of drug-likeness (QED) is 0.733. The fourth-order valence-corrected chi connectivity index (χ4v) is 2.46. The van der Waals surface area contributed by atoms with Crippen LogP contribution in [0.5, 0.6) is 5.75 Å². The van der Waals surface area contributed by atoms with Crippen LogP contribution >= 0.6 is 0 Å². The zero-order chi connectivity index (χ0) is 15.1. The highest BCUT2D eigenvalue weighted by atomic mass is 16.5. The summed E-state index contributed by atoms with van der Waals surface area (Å²) >= 11 is 0. The second-order valence-corrected chi connectivity index (χ2v) is 5.51. The molecule has 1 saturated carbocycles. The lowest BCUT2D eigenvalue weighted by Crippen LogP contribution is -2.40. The van der Waals surface area contributed by atoms with E-state index >= 15 is 0 Å². The Kier molecular flexibility index (Phi) is 6.00. The first-order chi connectivity index (χ1) is 10.2. The Morgan fingerprint density at radius 2 is 1.90 bits per heavy atom. The lowest BCUT2D eigenvalue weighted by Gasteiger charge is -2.27. The molecule has 2 rings (SSSR count). The molecule has 1 fully saturated rings. The van der Waals surface area contributed by atoms with Crippen LogP contribution < -0.4 is 10.1 Å². The molecular weight excluding hydrogens is 268 g/mol. The predicted octanol–water partition coefficient (Wildman–Crippen LogP) is 1.19. The van der Waals surface area contributed by atoms with Crippen LogP contribution in [0, 0.1) is 11.3 Å². The molecule has 0 spiro atoms. The topological polar surface area (TPSA) is 85.5 Å². The smallest absolute Gasteiger partial charge is 0.119 e.